The van der Waals surface area contributed by atoms with Crippen molar-refractivity contribution in [3.05, 3.63) is 0 Å². The number of hydrogen-bond acceptors (Lipinski definition) is 3. The van der Waals surface area contributed by atoms with Gasteiger partial charge in [-0.1, -0.05) is 0 Å². The maximum atomic E-state index is 10.9. The van der Waals surface area contributed by atoms with E-state index in [4.69, 9.17) is 0 Å². The number of piperidine rings is 1. The molecule has 1 fully saturated rings. The van der Waals surface area contributed by atoms with Crippen molar-refractivity contribution < 1.29 is 4.79 Å². The second-order valence-corrected chi connectivity index (χ2v) is 4.22. The average molecular weight is 188 g/mol. The van der Waals surface area contributed by atoms with Crippen molar-refractivity contribution in [2.45, 2.75) is 18.1 Å². The number of hydrogen-bond donors (Lipinski definition) is 2. The quantitative estimate of drug-likeness (QED) is 0.665. The largest absolute Gasteiger partial charge is 0.358 e. The Hall–Kier alpha value is -0.220. The molecule has 0 aliphatic carbocycles. The molecule has 0 aromatic heterocycles. The zero-order valence-electron chi connectivity index (χ0n) is 7.43. The highest BCUT2D eigenvalue weighted by molar-refractivity contribution is 8.00. The van der Waals surface area contributed by atoms with Crippen molar-refractivity contribution in [1.29, 1.82) is 0 Å². The molecule has 0 spiro atoms. The standard InChI is InChI=1S/C8H16N2OS/c1-9-8(11)6-12-7-2-4-10-5-3-7/h7,10H,2-6H2,1H3,(H,9,11). The summed E-state index contributed by atoms with van der Waals surface area (Å²) in [6, 6.07) is 0. The van der Waals surface area contributed by atoms with Crippen LogP contribution in [-0.4, -0.2) is 37.0 Å². The first-order chi connectivity index (χ1) is 5.83. The number of carbonyl (C=O) groups is 1. The first kappa shape index (κ1) is 9.86. The highest BCUT2D eigenvalue weighted by Crippen LogP contribution is 2.19. The minimum atomic E-state index is 0.138. The van der Waals surface area contributed by atoms with E-state index in [-0.39, 0.29) is 5.91 Å². The van der Waals surface area contributed by atoms with Gasteiger partial charge in [-0.15, -0.1) is 11.8 Å². The van der Waals surface area contributed by atoms with Crippen LogP contribution in [-0.2, 0) is 4.79 Å². The second-order valence-electron chi connectivity index (χ2n) is 2.93. The molecule has 1 amide bonds. The summed E-state index contributed by atoms with van der Waals surface area (Å²) >= 11 is 1.78. The lowest BCUT2D eigenvalue weighted by Crippen LogP contribution is -2.30. The second kappa shape index (κ2) is 5.43. The van der Waals surface area contributed by atoms with E-state index in [1.54, 1.807) is 18.8 Å². The van der Waals surface area contributed by atoms with Gasteiger partial charge in [0, 0.05) is 12.3 Å². The number of nitrogens with one attached hydrogen (secondary N) is 2. The molecule has 0 radical (unpaired) electrons. The van der Waals surface area contributed by atoms with Crippen molar-refractivity contribution in [3.63, 3.8) is 0 Å². The molecular weight excluding hydrogens is 172 g/mol. The van der Waals surface area contributed by atoms with E-state index in [0.29, 0.717) is 11.0 Å². The lowest BCUT2D eigenvalue weighted by atomic mass is 10.2. The van der Waals surface area contributed by atoms with E-state index in [2.05, 4.69) is 10.6 Å². The van der Waals surface area contributed by atoms with E-state index >= 15 is 0 Å². The van der Waals surface area contributed by atoms with E-state index < -0.39 is 0 Å². The molecule has 1 aliphatic heterocycles. The molecule has 0 aromatic carbocycles. The minimum absolute atomic E-state index is 0.138. The monoisotopic (exact) mass is 188 g/mol. The SMILES string of the molecule is CNC(=O)CSC1CCNCC1. The fraction of sp³-hybridized carbons (Fsp3) is 0.875. The minimum Gasteiger partial charge on any atom is -0.358 e. The molecule has 3 nitrogen and oxygen atoms in total. The van der Waals surface area contributed by atoms with E-state index in [0.717, 1.165) is 13.1 Å². The Bertz CT molecular complexity index is 146. The molecule has 0 bridgehead atoms. The van der Waals surface area contributed by atoms with Crippen LogP contribution in [0.15, 0.2) is 0 Å². The van der Waals surface area contributed by atoms with Crippen LogP contribution in [0.25, 0.3) is 0 Å². The Morgan fingerprint density at radius 3 is 2.83 bits per heavy atom. The van der Waals surface area contributed by atoms with Crippen LogP contribution < -0.4 is 10.6 Å². The molecular formula is C8H16N2OS. The Kier molecular flexibility index (Phi) is 4.46. The topological polar surface area (TPSA) is 41.1 Å². The third kappa shape index (κ3) is 3.45. The van der Waals surface area contributed by atoms with Gasteiger partial charge in [-0.25, -0.2) is 0 Å². The summed E-state index contributed by atoms with van der Waals surface area (Å²) in [5.41, 5.74) is 0. The van der Waals surface area contributed by atoms with Crippen molar-refractivity contribution >= 4 is 17.7 Å². The zero-order valence-corrected chi connectivity index (χ0v) is 8.25. The van der Waals surface area contributed by atoms with Crippen LogP contribution >= 0.6 is 11.8 Å². The fourth-order valence-corrected chi connectivity index (χ4v) is 2.33. The lowest BCUT2D eigenvalue weighted by Gasteiger charge is -2.21. The van der Waals surface area contributed by atoms with Gasteiger partial charge in [-0.05, 0) is 25.9 Å². The van der Waals surface area contributed by atoms with Gasteiger partial charge in [0.25, 0.3) is 0 Å². The molecule has 12 heavy (non-hydrogen) atoms. The molecule has 0 unspecified atom stereocenters. The summed E-state index contributed by atoms with van der Waals surface area (Å²) in [5, 5.41) is 6.62. The molecule has 0 aromatic rings. The Labute approximate surface area is 77.7 Å². The van der Waals surface area contributed by atoms with Crippen LogP contribution in [0.1, 0.15) is 12.8 Å². The fourth-order valence-electron chi connectivity index (χ4n) is 1.23. The number of thioether (sulfide) groups is 1. The van der Waals surface area contributed by atoms with Crippen LogP contribution in [0.3, 0.4) is 0 Å². The van der Waals surface area contributed by atoms with Crippen molar-refractivity contribution in [3.8, 4) is 0 Å². The third-order valence-electron chi connectivity index (χ3n) is 2.02. The van der Waals surface area contributed by atoms with Gasteiger partial charge in [-0.3, -0.25) is 4.79 Å². The highest BCUT2D eigenvalue weighted by Gasteiger charge is 2.13. The van der Waals surface area contributed by atoms with Crippen LogP contribution in [0.5, 0.6) is 0 Å². The van der Waals surface area contributed by atoms with Crippen molar-refractivity contribution in [1.82, 2.24) is 10.6 Å². The number of rotatable bonds is 3. The summed E-state index contributed by atoms with van der Waals surface area (Å²) in [6.07, 6.45) is 2.39. The van der Waals surface area contributed by atoms with Crippen molar-refractivity contribution in [2.75, 3.05) is 25.9 Å². The first-order valence-electron chi connectivity index (χ1n) is 4.36. The molecule has 2 N–H and O–H groups in total. The van der Waals surface area contributed by atoms with Gasteiger partial charge in [0.2, 0.25) is 5.91 Å². The average Bonchev–Trinajstić information content (AvgIpc) is 2.16. The van der Waals surface area contributed by atoms with Crippen LogP contribution in [0.2, 0.25) is 0 Å². The summed E-state index contributed by atoms with van der Waals surface area (Å²) in [6.45, 7) is 2.21. The molecule has 1 saturated heterocycles. The lowest BCUT2D eigenvalue weighted by molar-refractivity contribution is -0.118. The Balaban J connectivity index is 2.09. The van der Waals surface area contributed by atoms with E-state index in [1.807, 2.05) is 0 Å². The van der Waals surface area contributed by atoms with Gasteiger partial charge in [0.15, 0.2) is 0 Å². The van der Waals surface area contributed by atoms with Crippen molar-refractivity contribution in [2.24, 2.45) is 0 Å². The predicted molar refractivity (Wildman–Crippen MR) is 52.4 cm³/mol. The smallest absolute Gasteiger partial charge is 0.229 e. The number of carbonyl (C=O) groups excluding carboxylic acids is 1. The first-order valence-corrected chi connectivity index (χ1v) is 5.40. The summed E-state index contributed by atoms with van der Waals surface area (Å²) in [7, 11) is 1.69. The molecule has 0 atom stereocenters. The van der Waals surface area contributed by atoms with Gasteiger partial charge in [0.05, 0.1) is 5.75 Å². The van der Waals surface area contributed by atoms with Gasteiger partial charge in [0.1, 0.15) is 0 Å². The summed E-state index contributed by atoms with van der Waals surface area (Å²) in [5.74, 6) is 0.750. The number of amides is 1. The molecule has 0 saturated carbocycles. The predicted octanol–water partition coefficient (Wildman–Crippen LogP) is 0.218. The normalized spacial score (nSPS) is 19.1. The van der Waals surface area contributed by atoms with Gasteiger partial charge in [-0.2, -0.15) is 0 Å². The van der Waals surface area contributed by atoms with E-state index in [9.17, 15) is 4.79 Å². The molecule has 1 heterocycles. The van der Waals surface area contributed by atoms with Crippen LogP contribution in [0, 0.1) is 0 Å². The van der Waals surface area contributed by atoms with Crippen LogP contribution in [0.4, 0.5) is 0 Å². The van der Waals surface area contributed by atoms with E-state index in [1.165, 1.54) is 12.8 Å². The van der Waals surface area contributed by atoms with Gasteiger partial charge < -0.3 is 10.6 Å². The molecule has 70 valence electrons. The third-order valence-corrected chi connectivity index (χ3v) is 3.39. The Morgan fingerprint density at radius 1 is 1.58 bits per heavy atom. The maximum Gasteiger partial charge on any atom is 0.229 e. The maximum absolute atomic E-state index is 10.9. The highest BCUT2D eigenvalue weighted by atomic mass is 32.2. The summed E-state index contributed by atoms with van der Waals surface area (Å²) in [4.78, 5) is 10.9. The Morgan fingerprint density at radius 2 is 2.25 bits per heavy atom. The van der Waals surface area contributed by atoms with Gasteiger partial charge >= 0.3 is 0 Å². The zero-order chi connectivity index (χ0) is 8.81. The molecule has 1 aliphatic rings. The summed E-state index contributed by atoms with van der Waals surface area (Å²) < 4.78 is 0. The molecule has 1 rings (SSSR count). The molecule has 4 heteroatoms.